The van der Waals surface area contributed by atoms with Crippen LogP contribution in [0.1, 0.15) is 17.2 Å². The fraction of sp³-hybridized carbons (Fsp3) is 0.278. The van der Waals surface area contributed by atoms with E-state index in [0.717, 1.165) is 22.6 Å². The lowest BCUT2D eigenvalue weighted by Gasteiger charge is -2.22. The average Bonchev–Trinajstić information content (AvgIpc) is 2.62. The van der Waals surface area contributed by atoms with E-state index in [0.29, 0.717) is 19.8 Å². The van der Waals surface area contributed by atoms with Gasteiger partial charge < -0.3 is 14.2 Å². The molecular weight excluding hydrogens is 294 g/mol. The molecule has 0 aliphatic carbocycles. The monoisotopic (exact) mass is 313 g/mol. The number of methoxy groups -OCH3 is 1. The molecule has 0 spiro atoms. The summed E-state index contributed by atoms with van der Waals surface area (Å²) in [6, 6.07) is 14.7. The number of carbonyl (C=O) groups excluding carboxylic acids is 1. The van der Waals surface area contributed by atoms with Gasteiger partial charge in [-0.1, -0.05) is 42.5 Å². The summed E-state index contributed by atoms with van der Waals surface area (Å²) in [5, 5.41) is 3.24. The van der Waals surface area contributed by atoms with Crippen LogP contribution in [0.4, 0.5) is 0 Å². The maximum Gasteiger partial charge on any atom is 0.327 e. The number of para-hydroxylation sites is 1. The highest BCUT2D eigenvalue weighted by Gasteiger charge is 2.22. The van der Waals surface area contributed by atoms with Crippen LogP contribution in [0.3, 0.4) is 0 Å². The maximum absolute atomic E-state index is 12.1. The molecule has 5 heteroatoms. The number of rotatable bonds is 5. The topological polar surface area (TPSA) is 56.8 Å². The Morgan fingerprint density at radius 2 is 1.91 bits per heavy atom. The first kappa shape index (κ1) is 15.4. The first-order valence-electron chi connectivity index (χ1n) is 7.53. The Morgan fingerprint density at radius 3 is 2.70 bits per heavy atom. The zero-order valence-electron chi connectivity index (χ0n) is 13.0. The normalized spacial score (nSPS) is 14.1. The van der Waals surface area contributed by atoms with Gasteiger partial charge in [0.05, 0.1) is 7.11 Å². The van der Waals surface area contributed by atoms with Crippen LogP contribution in [0, 0.1) is 0 Å². The molecule has 1 aliphatic rings. The van der Waals surface area contributed by atoms with E-state index in [1.54, 1.807) is 0 Å². The van der Waals surface area contributed by atoms with Crippen LogP contribution < -0.4 is 14.8 Å². The second-order valence-corrected chi connectivity index (χ2v) is 5.19. The summed E-state index contributed by atoms with van der Waals surface area (Å²) in [5.41, 5.74) is 1.81. The zero-order valence-corrected chi connectivity index (χ0v) is 13.0. The summed E-state index contributed by atoms with van der Waals surface area (Å²) < 4.78 is 16.2. The van der Waals surface area contributed by atoms with E-state index < -0.39 is 6.04 Å². The second kappa shape index (κ2) is 7.15. The van der Waals surface area contributed by atoms with Gasteiger partial charge in [0.2, 0.25) is 0 Å². The van der Waals surface area contributed by atoms with Crippen molar-refractivity contribution in [2.45, 2.75) is 12.6 Å². The van der Waals surface area contributed by atoms with E-state index in [4.69, 9.17) is 14.2 Å². The molecule has 23 heavy (non-hydrogen) atoms. The van der Waals surface area contributed by atoms with Crippen molar-refractivity contribution >= 4 is 5.97 Å². The van der Waals surface area contributed by atoms with Gasteiger partial charge in [-0.2, -0.15) is 0 Å². The minimum absolute atomic E-state index is 0.321. The number of fused-ring (bicyclic) bond motifs is 1. The lowest BCUT2D eigenvalue weighted by atomic mass is 10.1. The molecule has 0 unspecified atom stereocenters. The SMILES string of the molecule is COC(=O)[C@@H](NCc1cccc2c1OCCO2)c1ccccc1. The summed E-state index contributed by atoms with van der Waals surface area (Å²) in [7, 11) is 1.39. The van der Waals surface area contributed by atoms with Gasteiger partial charge in [0.15, 0.2) is 11.5 Å². The lowest BCUT2D eigenvalue weighted by molar-refractivity contribution is -0.143. The second-order valence-electron chi connectivity index (χ2n) is 5.19. The van der Waals surface area contributed by atoms with Crippen molar-refractivity contribution in [1.29, 1.82) is 0 Å². The van der Waals surface area contributed by atoms with Crippen molar-refractivity contribution in [3.05, 3.63) is 59.7 Å². The van der Waals surface area contributed by atoms with Gasteiger partial charge in [-0.25, -0.2) is 4.79 Å². The number of hydrogen-bond donors (Lipinski definition) is 1. The summed E-state index contributed by atoms with van der Waals surface area (Å²) in [4.78, 5) is 12.1. The third-order valence-corrected chi connectivity index (χ3v) is 3.71. The van der Waals surface area contributed by atoms with Crippen LogP contribution in [0.5, 0.6) is 11.5 Å². The molecule has 0 bridgehead atoms. The molecule has 0 fully saturated rings. The molecule has 1 aliphatic heterocycles. The Labute approximate surface area is 135 Å². The number of esters is 1. The minimum Gasteiger partial charge on any atom is -0.486 e. The van der Waals surface area contributed by atoms with Crippen molar-refractivity contribution in [1.82, 2.24) is 5.32 Å². The van der Waals surface area contributed by atoms with Crippen LogP contribution in [0.25, 0.3) is 0 Å². The van der Waals surface area contributed by atoms with Crippen LogP contribution >= 0.6 is 0 Å². The Kier molecular flexibility index (Phi) is 4.78. The molecule has 2 aromatic rings. The van der Waals surface area contributed by atoms with Crippen LogP contribution in [-0.2, 0) is 16.1 Å². The Hall–Kier alpha value is -2.53. The van der Waals surface area contributed by atoms with Crippen molar-refractivity contribution in [2.75, 3.05) is 20.3 Å². The highest BCUT2D eigenvalue weighted by molar-refractivity contribution is 5.77. The first-order valence-corrected chi connectivity index (χ1v) is 7.53. The van der Waals surface area contributed by atoms with Crippen LogP contribution in [-0.4, -0.2) is 26.3 Å². The molecular formula is C18H19NO4. The first-order chi connectivity index (χ1) is 11.3. The number of nitrogens with one attached hydrogen (secondary N) is 1. The third kappa shape index (κ3) is 3.46. The quantitative estimate of drug-likeness (QED) is 0.859. The molecule has 0 amide bonds. The largest absolute Gasteiger partial charge is 0.486 e. The minimum atomic E-state index is -0.526. The maximum atomic E-state index is 12.1. The van der Waals surface area contributed by atoms with Gasteiger partial charge in [0.25, 0.3) is 0 Å². The van der Waals surface area contributed by atoms with Gasteiger partial charge in [-0.3, -0.25) is 5.32 Å². The van der Waals surface area contributed by atoms with E-state index in [2.05, 4.69) is 5.32 Å². The predicted molar refractivity (Wildman–Crippen MR) is 85.5 cm³/mol. The third-order valence-electron chi connectivity index (χ3n) is 3.71. The molecule has 0 saturated heterocycles. The molecule has 2 aromatic carbocycles. The average molecular weight is 313 g/mol. The molecule has 5 nitrogen and oxygen atoms in total. The van der Waals surface area contributed by atoms with E-state index in [9.17, 15) is 4.79 Å². The van der Waals surface area contributed by atoms with E-state index in [1.165, 1.54) is 7.11 Å². The number of carbonyl (C=O) groups is 1. The summed E-state index contributed by atoms with van der Waals surface area (Å²) in [6.07, 6.45) is 0. The Bertz CT molecular complexity index is 672. The molecule has 3 rings (SSSR count). The Balaban J connectivity index is 1.78. The van der Waals surface area contributed by atoms with Crippen molar-refractivity contribution < 1.29 is 19.0 Å². The number of ether oxygens (including phenoxy) is 3. The van der Waals surface area contributed by atoms with Gasteiger partial charge >= 0.3 is 5.97 Å². The van der Waals surface area contributed by atoms with Crippen molar-refractivity contribution in [3.63, 3.8) is 0 Å². The summed E-state index contributed by atoms with van der Waals surface area (Å²) in [5.74, 6) is 1.16. The van der Waals surface area contributed by atoms with Gasteiger partial charge in [-0.15, -0.1) is 0 Å². The predicted octanol–water partition coefficient (Wildman–Crippen LogP) is 2.46. The fourth-order valence-electron chi connectivity index (χ4n) is 2.59. The summed E-state index contributed by atoms with van der Waals surface area (Å²) >= 11 is 0. The van der Waals surface area contributed by atoms with Crippen molar-refractivity contribution in [3.8, 4) is 11.5 Å². The van der Waals surface area contributed by atoms with E-state index in [-0.39, 0.29) is 5.97 Å². The van der Waals surface area contributed by atoms with Crippen LogP contribution in [0.2, 0.25) is 0 Å². The van der Waals surface area contributed by atoms with Crippen LogP contribution in [0.15, 0.2) is 48.5 Å². The highest BCUT2D eigenvalue weighted by atomic mass is 16.6. The number of benzene rings is 2. The van der Waals surface area contributed by atoms with E-state index in [1.807, 2.05) is 48.5 Å². The zero-order chi connectivity index (χ0) is 16.1. The van der Waals surface area contributed by atoms with Gasteiger partial charge in [0, 0.05) is 12.1 Å². The van der Waals surface area contributed by atoms with Crippen molar-refractivity contribution in [2.24, 2.45) is 0 Å². The summed E-state index contributed by atoms with van der Waals surface area (Å²) in [6.45, 7) is 1.56. The molecule has 1 N–H and O–H groups in total. The molecule has 0 aromatic heterocycles. The van der Waals surface area contributed by atoms with Gasteiger partial charge in [-0.05, 0) is 11.6 Å². The molecule has 1 atom stereocenters. The molecule has 0 radical (unpaired) electrons. The molecule has 0 saturated carbocycles. The molecule has 120 valence electrons. The smallest absolute Gasteiger partial charge is 0.327 e. The lowest BCUT2D eigenvalue weighted by Crippen LogP contribution is -2.29. The number of hydrogen-bond acceptors (Lipinski definition) is 5. The molecule has 1 heterocycles. The highest BCUT2D eigenvalue weighted by Crippen LogP contribution is 2.33. The Morgan fingerprint density at radius 1 is 1.13 bits per heavy atom. The standard InChI is InChI=1S/C18H19NO4/c1-21-18(20)16(13-6-3-2-4-7-13)19-12-14-8-5-9-15-17(14)23-11-10-22-15/h2-9,16,19H,10-12H2,1H3/t16-/m0/s1. The fourth-order valence-corrected chi connectivity index (χ4v) is 2.59. The van der Waals surface area contributed by atoms with Gasteiger partial charge in [0.1, 0.15) is 19.3 Å². The van der Waals surface area contributed by atoms with E-state index >= 15 is 0 Å².